The van der Waals surface area contributed by atoms with E-state index >= 15 is 0 Å². The van der Waals surface area contributed by atoms with E-state index < -0.39 is 0 Å². The molecule has 2 heteroatoms. The van der Waals surface area contributed by atoms with Crippen molar-refractivity contribution >= 4 is 0 Å². The number of nitrogens with two attached hydrogens (primary N) is 1. The fraction of sp³-hybridized carbons (Fsp3) is 1.00. The molecule has 2 atom stereocenters. The van der Waals surface area contributed by atoms with E-state index in [4.69, 9.17) is 5.73 Å². The molecule has 2 N–H and O–H groups in total. The Morgan fingerprint density at radius 3 is 2.33 bits per heavy atom. The van der Waals surface area contributed by atoms with Gasteiger partial charge in [0.15, 0.2) is 0 Å². The largest absolute Gasteiger partial charge is 0.329 e. The van der Waals surface area contributed by atoms with Gasteiger partial charge in [-0.3, -0.25) is 4.90 Å². The molecule has 2 rings (SSSR count). The minimum absolute atomic E-state index is 0.383. The first-order valence-electron chi connectivity index (χ1n) is 6.52. The number of hydrogen-bond donors (Lipinski definition) is 1. The molecular weight excluding hydrogens is 184 g/mol. The average molecular weight is 210 g/mol. The molecule has 0 radical (unpaired) electrons. The second-order valence-electron chi connectivity index (χ2n) is 6.13. The highest BCUT2D eigenvalue weighted by molar-refractivity contribution is 5.03. The molecule has 2 unspecified atom stereocenters. The van der Waals surface area contributed by atoms with E-state index in [2.05, 4.69) is 25.7 Å². The van der Waals surface area contributed by atoms with Crippen LogP contribution in [0.3, 0.4) is 0 Å². The van der Waals surface area contributed by atoms with Crippen LogP contribution in [0.25, 0.3) is 0 Å². The Balaban J connectivity index is 1.98. The van der Waals surface area contributed by atoms with Gasteiger partial charge in [0.2, 0.25) is 0 Å². The molecule has 1 heterocycles. The van der Waals surface area contributed by atoms with Gasteiger partial charge < -0.3 is 5.73 Å². The summed E-state index contributed by atoms with van der Waals surface area (Å²) >= 11 is 0. The predicted octanol–water partition coefficient (Wildman–Crippen LogP) is 2.09. The van der Waals surface area contributed by atoms with Gasteiger partial charge in [0.25, 0.3) is 0 Å². The molecular formula is C13H26N2. The SMILES string of the molecule is CC1CC(CN)(N2CCC(C)C(C)C2)C1. The van der Waals surface area contributed by atoms with Crippen molar-refractivity contribution in [3.63, 3.8) is 0 Å². The van der Waals surface area contributed by atoms with Gasteiger partial charge >= 0.3 is 0 Å². The van der Waals surface area contributed by atoms with Gasteiger partial charge in [-0.05, 0) is 43.6 Å². The van der Waals surface area contributed by atoms with E-state index in [9.17, 15) is 0 Å². The third-order valence-corrected chi connectivity index (χ3v) is 4.84. The van der Waals surface area contributed by atoms with Crippen LogP contribution in [0, 0.1) is 17.8 Å². The average Bonchev–Trinajstić information content (AvgIpc) is 2.17. The number of likely N-dealkylation sites (tertiary alicyclic amines) is 1. The number of nitrogens with zero attached hydrogens (tertiary/aromatic N) is 1. The molecule has 15 heavy (non-hydrogen) atoms. The molecule has 1 saturated heterocycles. The maximum Gasteiger partial charge on any atom is 0.0336 e. The lowest BCUT2D eigenvalue weighted by Gasteiger charge is -2.56. The summed E-state index contributed by atoms with van der Waals surface area (Å²) in [6.07, 6.45) is 4.01. The van der Waals surface area contributed by atoms with Crippen LogP contribution in [-0.2, 0) is 0 Å². The van der Waals surface area contributed by atoms with Gasteiger partial charge in [0.1, 0.15) is 0 Å². The predicted molar refractivity (Wildman–Crippen MR) is 64.7 cm³/mol. The van der Waals surface area contributed by atoms with Gasteiger partial charge in [0.05, 0.1) is 0 Å². The third-order valence-electron chi connectivity index (χ3n) is 4.84. The van der Waals surface area contributed by atoms with Crippen LogP contribution in [0.15, 0.2) is 0 Å². The number of rotatable bonds is 2. The Hall–Kier alpha value is -0.0800. The van der Waals surface area contributed by atoms with Gasteiger partial charge in [-0.2, -0.15) is 0 Å². The number of piperidine rings is 1. The minimum Gasteiger partial charge on any atom is -0.329 e. The summed E-state index contributed by atoms with van der Waals surface area (Å²) in [6, 6.07) is 0. The maximum atomic E-state index is 6.00. The first kappa shape index (κ1) is 11.4. The molecule has 0 aromatic carbocycles. The van der Waals surface area contributed by atoms with E-state index in [1.807, 2.05) is 0 Å². The molecule has 2 aliphatic rings. The van der Waals surface area contributed by atoms with Crippen molar-refractivity contribution in [2.45, 2.75) is 45.6 Å². The molecule has 1 aliphatic heterocycles. The lowest BCUT2D eigenvalue weighted by atomic mass is 9.67. The highest BCUT2D eigenvalue weighted by Crippen LogP contribution is 2.43. The topological polar surface area (TPSA) is 29.3 Å². The van der Waals surface area contributed by atoms with E-state index in [1.165, 1.54) is 32.4 Å². The van der Waals surface area contributed by atoms with E-state index in [0.717, 1.165) is 24.3 Å². The second kappa shape index (κ2) is 4.06. The van der Waals surface area contributed by atoms with Crippen molar-refractivity contribution < 1.29 is 0 Å². The van der Waals surface area contributed by atoms with E-state index in [1.54, 1.807) is 0 Å². The Labute approximate surface area is 94.2 Å². The summed E-state index contributed by atoms with van der Waals surface area (Å²) in [5, 5.41) is 0. The Bertz CT molecular complexity index is 221. The second-order valence-corrected chi connectivity index (χ2v) is 6.13. The molecule has 0 spiro atoms. The fourth-order valence-electron chi connectivity index (χ4n) is 3.49. The van der Waals surface area contributed by atoms with Gasteiger partial charge in [-0.25, -0.2) is 0 Å². The third kappa shape index (κ3) is 1.94. The van der Waals surface area contributed by atoms with Gasteiger partial charge in [-0.15, -0.1) is 0 Å². The minimum atomic E-state index is 0.383. The Morgan fingerprint density at radius 2 is 1.87 bits per heavy atom. The molecule has 0 bridgehead atoms. The van der Waals surface area contributed by atoms with Crippen LogP contribution in [0.5, 0.6) is 0 Å². The van der Waals surface area contributed by atoms with E-state index in [-0.39, 0.29) is 0 Å². The van der Waals surface area contributed by atoms with Crippen LogP contribution < -0.4 is 5.73 Å². The van der Waals surface area contributed by atoms with Gasteiger partial charge in [-0.1, -0.05) is 20.8 Å². The van der Waals surface area contributed by atoms with Crippen molar-refractivity contribution in [1.29, 1.82) is 0 Å². The van der Waals surface area contributed by atoms with Crippen LogP contribution in [0.1, 0.15) is 40.0 Å². The van der Waals surface area contributed by atoms with Crippen molar-refractivity contribution in [3.8, 4) is 0 Å². The van der Waals surface area contributed by atoms with Gasteiger partial charge in [0, 0.05) is 18.6 Å². The molecule has 0 aromatic heterocycles. The van der Waals surface area contributed by atoms with Crippen LogP contribution >= 0.6 is 0 Å². The first-order valence-corrected chi connectivity index (χ1v) is 6.52. The molecule has 88 valence electrons. The monoisotopic (exact) mass is 210 g/mol. The zero-order valence-corrected chi connectivity index (χ0v) is 10.5. The summed E-state index contributed by atoms with van der Waals surface area (Å²) < 4.78 is 0. The highest BCUT2D eigenvalue weighted by atomic mass is 15.2. The van der Waals surface area contributed by atoms with Crippen molar-refractivity contribution in [2.75, 3.05) is 19.6 Å². The van der Waals surface area contributed by atoms with E-state index in [0.29, 0.717) is 5.54 Å². The quantitative estimate of drug-likeness (QED) is 0.756. The summed E-state index contributed by atoms with van der Waals surface area (Å²) in [6.45, 7) is 10.5. The fourth-order valence-corrected chi connectivity index (χ4v) is 3.49. The summed E-state index contributed by atoms with van der Waals surface area (Å²) in [5.74, 6) is 2.63. The molecule has 0 amide bonds. The van der Waals surface area contributed by atoms with Crippen LogP contribution in [0.4, 0.5) is 0 Å². The van der Waals surface area contributed by atoms with Crippen molar-refractivity contribution in [2.24, 2.45) is 23.5 Å². The van der Waals surface area contributed by atoms with Crippen LogP contribution in [-0.4, -0.2) is 30.1 Å². The Kier molecular flexibility index (Phi) is 3.09. The lowest BCUT2D eigenvalue weighted by Crippen LogP contribution is -2.63. The first-order chi connectivity index (χ1) is 7.07. The molecule has 1 saturated carbocycles. The molecule has 2 fully saturated rings. The van der Waals surface area contributed by atoms with Crippen molar-refractivity contribution in [3.05, 3.63) is 0 Å². The summed E-state index contributed by atoms with van der Waals surface area (Å²) in [7, 11) is 0. The smallest absolute Gasteiger partial charge is 0.0336 e. The molecule has 1 aliphatic carbocycles. The normalized spacial score (nSPS) is 47.6. The van der Waals surface area contributed by atoms with Crippen molar-refractivity contribution in [1.82, 2.24) is 4.90 Å². The highest BCUT2D eigenvalue weighted by Gasteiger charge is 2.46. The molecule has 0 aromatic rings. The standard InChI is InChI=1S/C13H26N2/c1-10-6-13(7-10,9-14)15-5-4-11(2)12(3)8-15/h10-12H,4-9,14H2,1-3H3. The summed E-state index contributed by atoms with van der Waals surface area (Å²) in [5.41, 5.74) is 6.38. The molecule has 2 nitrogen and oxygen atoms in total. The van der Waals surface area contributed by atoms with Crippen LogP contribution in [0.2, 0.25) is 0 Å². The maximum absolute atomic E-state index is 6.00. The Morgan fingerprint density at radius 1 is 1.20 bits per heavy atom. The summed E-state index contributed by atoms with van der Waals surface area (Å²) in [4.78, 5) is 2.69. The number of hydrogen-bond acceptors (Lipinski definition) is 2. The lowest BCUT2D eigenvalue weighted by molar-refractivity contribution is -0.0453. The zero-order chi connectivity index (χ0) is 11.1. The zero-order valence-electron chi connectivity index (χ0n) is 10.5.